The van der Waals surface area contributed by atoms with Crippen molar-refractivity contribution in [3.05, 3.63) is 35.3 Å². The first-order valence-corrected chi connectivity index (χ1v) is 13.3. The third-order valence-corrected chi connectivity index (χ3v) is 10.2. The summed E-state index contributed by atoms with van der Waals surface area (Å²) in [5.74, 6) is -3.60. The SMILES string of the molecule is COC(=O)C[C@H]1[C@H](C)[C@H](OC(C)=O)[C@]2(OC)C(=O)C3=C4CC(=O)O[C@@H](c5ccoc5)[C@]4(C)CC[C@@H]3[C@@]1(C)[C@H]2O. The Labute approximate surface area is 227 Å². The van der Waals surface area contributed by atoms with Crippen LogP contribution < -0.4 is 0 Å². The number of ketones is 1. The number of methoxy groups -OCH3 is 2. The summed E-state index contributed by atoms with van der Waals surface area (Å²) < 4.78 is 27.8. The number of furan rings is 1. The zero-order valence-electron chi connectivity index (χ0n) is 23.1. The van der Waals surface area contributed by atoms with E-state index in [2.05, 4.69) is 0 Å². The summed E-state index contributed by atoms with van der Waals surface area (Å²) >= 11 is 0. The fourth-order valence-corrected chi connectivity index (χ4v) is 8.33. The number of fused-ring (bicyclic) bond motifs is 5. The van der Waals surface area contributed by atoms with E-state index in [1.54, 1.807) is 6.07 Å². The highest BCUT2D eigenvalue weighted by Crippen LogP contribution is 2.67. The zero-order chi connectivity index (χ0) is 28.5. The van der Waals surface area contributed by atoms with Gasteiger partial charge in [-0.15, -0.1) is 0 Å². The summed E-state index contributed by atoms with van der Waals surface area (Å²) in [4.78, 5) is 52.6. The summed E-state index contributed by atoms with van der Waals surface area (Å²) in [5.41, 5.74) is -1.95. The van der Waals surface area contributed by atoms with Crippen LogP contribution in [-0.2, 0) is 38.1 Å². The van der Waals surface area contributed by atoms with Gasteiger partial charge in [-0.25, -0.2) is 0 Å². The maximum Gasteiger partial charge on any atom is 0.310 e. The van der Waals surface area contributed by atoms with Gasteiger partial charge < -0.3 is 28.5 Å². The third-order valence-electron chi connectivity index (χ3n) is 10.2. The lowest BCUT2D eigenvalue weighted by Crippen LogP contribution is -2.78. The number of esters is 3. The zero-order valence-corrected chi connectivity index (χ0v) is 23.1. The Bertz CT molecular complexity index is 1230. The first kappa shape index (κ1) is 27.6. The van der Waals surface area contributed by atoms with Crippen molar-refractivity contribution in [3.63, 3.8) is 0 Å². The Balaban J connectivity index is 1.77. The van der Waals surface area contributed by atoms with E-state index in [1.807, 2.05) is 20.8 Å². The Morgan fingerprint density at radius 2 is 1.92 bits per heavy atom. The molecule has 0 aromatic carbocycles. The average molecular weight is 545 g/mol. The quantitative estimate of drug-likeness (QED) is 0.435. The van der Waals surface area contributed by atoms with Crippen molar-refractivity contribution in [2.45, 2.75) is 77.3 Å². The maximum absolute atomic E-state index is 14.7. The fraction of sp³-hybridized carbons (Fsp3) is 0.655. The molecule has 9 atom stereocenters. The number of hydrogen-bond donors (Lipinski definition) is 1. The summed E-state index contributed by atoms with van der Waals surface area (Å²) in [6.45, 7) is 6.89. The van der Waals surface area contributed by atoms with Crippen molar-refractivity contribution in [2.24, 2.45) is 28.6 Å². The van der Waals surface area contributed by atoms with Crippen LogP contribution in [0.25, 0.3) is 0 Å². The van der Waals surface area contributed by atoms with Crippen LogP contribution in [0.2, 0.25) is 0 Å². The molecular weight excluding hydrogens is 508 g/mol. The molecule has 3 aliphatic carbocycles. The molecule has 1 aliphatic heterocycles. The Kier molecular flexibility index (Phi) is 6.58. The molecule has 2 bridgehead atoms. The van der Waals surface area contributed by atoms with E-state index in [-0.39, 0.29) is 12.8 Å². The van der Waals surface area contributed by atoms with Crippen molar-refractivity contribution < 1.29 is 47.6 Å². The van der Waals surface area contributed by atoms with E-state index in [0.29, 0.717) is 29.6 Å². The topological polar surface area (TPSA) is 139 Å². The van der Waals surface area contributed by atoms with Crippen LogP contribution in [-0.4, -0.2) is 60.8 Å². The molecule has 2 heterocycles. The highest BCUT2D eigenvalue weighted by atomic mass is 16.6. The standard InChI is InChI=1S/C29H36O10/c1-14-18(11-20(31)35-5)28(4)17-7-9-27(3)19(12-21(32)39-25(27)16-8-10-37-13-16)22(17)23(33)29(36-6,26(28)34)24(14)38-15(2)30/h8,10,13-14,17-18,24-26,34H,7,9,11-12H2,1-6H3/t14-,17-,18-,24-,25-,26+,27+,28+,29+/m0/s1. The second-order valence-electron chi connectivity index (χ2n) is 11.9. The number of rotatable bonds is 5. The number of Topliss-reactive ketones (excluding diaryl/α,β-unsaturated/α-hetero) is 1. The predicted molar refractivity (Wildman–Crippen MR) is 134 cm³/mol. The second-order valence-corrected chi connectivity index (χ2v) is 11.9. The lowest BCUT2D eigenvalue weighted by atomic mass is 9.41. The van der Waals surface area contributed by atoms with Crippen LogP contribution in [0.5, 0.6) is 0 Å². The van der Waals surface area contributed by atoms with Gasteiger partial charge in [0.2, 0.25) is 0 Å². The van der Waals surface area contributed by atoms with Crippen LogP contribution in [0.4, 0.5) is 0 Å². The molecule has 3 fully saturated rings. The summed E-state index contributed by atoms with van der Waals surface area (Å²) in [5, 5.41) is 12.1. The van der Waals surface area contributed by atoms with Crippen molar-refractivity contribution in [1.82, 2.24) is 0 Å². The highest BCUT2D eigenvalue weighted by Gasteiger charge is 2.75. The summed E-state index contributed by atoms with van der Waals surface area (Å²) in [6, 6.07) is 1.74. The molecule has 2 saturated carbocycles. The van der Waals surface area contributed by atoms with Crippen LogP contribution in [0.3, 0.4) is 0 Å². The van der Waals surface area contributed by atoms with E-state index < -0.39 is 76.2 Å². The molecule has 1 saturated heterocycles. The number of ether oxygens (including phenoxy) is 4. The first-order valence-electron chi connectivity index (χ1n) is 13.3. The van der Waals surface area contributed by atoms with E-state index in [0.717, 1.165) is 0 Å². The number of carbonyl (C=O) groups is 4. The molecule has 4 aliphatic rings. The van der Waals surface area contributed by atoms with Gasteiger partial charge in [0.25, 0.3) is 0 Å². The van der Waals surface area contributed by atoms with Crippen LogP contribution in [0, 0.1) is 28.6 Å². The highest BCUT2D eigenvalue weighted by molar-refractivity contribution is 6.07. The minimum Gasteiger partial charge on any atom is -0.472 e. The average Bonchev–Trinajstić information content (AvgIpc) is 3.43. The lowest BCUT2D eigenvalue weighted by Gasteiger charge is -2.66. The van der Waals surface area contributed by atoms with E-state index in [9.17, 15) is 24.3 Å². The fourth-order valence-electron chi connectivity index (χ4n) is 8.33. The van der Waals surface area contributed by atoms with Crippen molar-refractivity contribution in [2.75, 3.05) is 14.2 Å². The molecule has 10 nitrogen and oxygen atoms in total. The molecule has 0 unspecified atom stereocenters. The molecule has 1 N–H and O–H groups in total. The molecule has 0 radical (unpaired) electrons. The molecule has 5 rings (SSSR count). The van der Waals surface area contributed by atoms with Crippen molar-refractivity contribution >= 4 is 23.7 Å². The van der Waals surface area contributed by atoms with E-state index >= 15 is 0 Å². The van der Waals surface area contributed by atoms with Gasteiger partial charge in [0, 0.05) is 48.3 Å². The Hall–Kier alpha value is -2.98. The Morgan fingerprint density at radius 3 is 2.51 bits per heavy atom. The molecule has 0 spiro atoms. The Morgan fingerprint density at radius 1 is 1.21 bits per heavy atom. The van der Waals surface area contributed by atoms with Gasteiger partial charge in [-0.1, -0.05) is 20.8 Å². The van der Waals surface area contributed by atoms with Gasteiger partial charge in [-0.2, -0.15) is 0 Å². The van der Waals surface area contributed by atoms with E-state index in [4.69, 9.17) is 23.4 Å². The maximum atomic E-state index is 14.7. The predicted octanol–water partition coefficient (Wildman–Crippen LogP) is 3.08. The van der Waals surface area contributed by atoms with Gasteiger partial charge in [-0.3, -0.25) is 19.2 Å². The van der Waals surface area contributed by atoms with Gasteiger partial charge in [-0.05, 0) is 36.3 Å². The van der Waals surface area contributed by atoms with E-state index in [1.165, 1.54) is 33.7 Å². The molecular formula is C29H36O10. The minimum absolute atomic E-state index is 0.0486. The van der Waals surface area contributed by atoms with Gasteiger partial charge in [0.05, 0.1) is 26.1 Å². The normalized spacial score (nSPS) is 41.3. The third kappa shape index (κ3) is 3.60. The van der Waals surface area contributed by atoms with Crippen LogP contribution in [0.1, 0.15) is 65.0 Å². The van der Waals surface area contributed by atoms with Crippen molar-refractivity contribution in [1.29, 1.82) is 0 Å². The number of cyclic esters (lactones) is 1. The molecule has 0 amide bonds. The summed E-state index contributed by atoms with van der Waals surface area (Å²) in [6.07, 6.45) is 0.745. The molecule has 212 valence electrons. The van der Waals surface area contributed by atoms with Gasteiger partial charge in [0.1, 0.15) is 18.3 Å². The van der Waals surface area contributed by atoms with Crippen LogP contribution in [0.15, 0.2) is 34.2 Å². The number of hydrogen-bond acceptors (Lipinski definition) is 10. The molecule has 1 aromatic rings. The van der Waals surface area contributed by atoms with Crippen LogP contribution >= 0.6 is 0 Å². The van der Waals surface area contributed by atoms with Crippen molar-refractivity contribution in [3.8, 4) is 0 Å². The molecule has 1 aromatic heterocycles. The van der Waals surface area contributed by atoms with Gasteiger partial charge >= 0.3 is 17.9 Å². The monoisotopic (exact) mass is 544 g/mol. The molecule has 10 heteroatoms. The number of carbonyl (C=O) groups excluding carboxylic acids is 4. The second kappa shape index (κ2) is 9.30. The largest absolute Gasteiger partial charge is 0.472 e. The lowest BCUT2D eigenvalue weighted by molar-refractivity contribution is -0.273. The number of aliphatic hydroxyl groups excluding tert-OH is 1. The van der Waals surface area contributed by atoms with Gasteiger partial charge in [0.15, 0.2) is 11.4 Å². The molecule has 39 heavy (non-hydrogen) atoms. The first-order chi connectivity index (χ1) is 18.4. The minimum atomic E-state index is -1.92. The smallest absolute Gasteiger partial charge is 0.310 e. The number of aliphatic hydroxyl groups is 1. The summed E-state index contributed by atoms with van der Waals surface area (Å²) in [7, 11) is 2.62.